The van der Waals surface area contributed by atoms with Gasteiger partial charge in [-0.15, -0.1) is 0 Å². The summed E-state index contributed by atoms with van der Waals surface area (Å²) in [5, 5.41) is 15.4. The molecule has 0 unspecified atom stereocenters. The summed E-state index contributed by atoms with van der Waals surface area (Å²) in [7, 11) is 0. The molecular weight excluding hydrogens is 344 g/mol. The van der Waals surface area contributed by atoms with Crippen LogP contribution in [0.3, 0.4) is 0 Å². The topological polar surface area (TPSA) is 109 Å². The van der Waals surface area contributed by atoms with Crippen LogP contribution >= 0.6 is 0 Å². The van der Waals surface area contributed by atoms with Crippen LogP contribution in [0.2, 0.25) is 0 Å². The van der Waals surface area contributed by atoms with E-state index in [4.69, 9.17) is 4.52 Å². The van der Waals surface area contributed by atoms with Crippen molar-refractivity contribution in [3.63, 3.8) is 0 Å². The number of nitrogens with one attached hydrogen (secondary N) is 2. The lowest BCUT2D eigenvalue weighted by Gasteiger charge is -2.15. The molecule has 0 amide bonds. The average molecular weight is 362 g/mol. The monoisotopic (exact) mass is 362 g/mol. The Hall–Kier alpha value is -3.49. The largest absolute Gasteiger partial charge is 0.365 e. The van der Waals surface area contributed by atoms with Crippen molar-refractivity contribution in [2.75, 3.05) is 23.3 Å². The number of anilines is 2. The van der Waals surface area contributed by atoms with E-state index in [9.17, 15) is 0 Å². The summed E-state index contributed by atoms with van der Waals surface area (Å²) < 4.78 is 5.43. The zero-order valence-corrected chi connectivity index (χ0v) is 14.5. The van der Waals surface area contributed by atoms with Gasteiger partial charge in [0.05, 0.1) is 18.0 Å². The van der Waals surface area contributed by atoms with Crippen molar-refractivity contribution in [2.45, 2.75) is 18.9 Å². The number of hydrogen-bond donors (Lipinski definition) is 2. The highest BCUT2D eigenvalue weighted by Crippen LogP contribution is 2.23. The fourth-order valence-corrected chi connectivity index (χ4v) is 3.35. The van der Waals surface area contributed by atoms with E-state index in [0.717, 1.165) is 41.9 Å². The molecule has 9 nitrogen and oxygen atoms in total. The lowest BCUT2D eigenvalue weighted by molar-refractivity contribution is 0.384. The van der Waals surface area contributed by atoms with Crippen molar-refractivity contribution in [1.29, 1.82) is 0 Å². The Bertz CT molecular complexity index is 1040. The second kappa shape index (κ2) is 6.67. The van der Waals surface area contributed by atoms with Crippen molar-refractivity contribution in [2.24, 2.45) is 0 Å². The molecule has 1 atom stereocenters. The predicted molar refractivity (Wildman–Crippen MR) is 99.5 cm³/mol. The highest BCUT2D eigenvalue weighted by atomic mass is 16.5. The predicted octanol–water partition coefficient (Wildman–Crippen LogP) is 2.02. The van der Waals surface area contributed by atoms with Crippen LogP contribution in [-0.4, -0.2) is 49.4 Å². The average Bonchev–Trinajstić information content (AvgIpc) is 3.43. The zero-order valence-electron chi connectivity index (χ0n) is 14.5. The summed E-state index contributed by atoms with van der Waals surface area (Å²) in [4.78, 5) is 15.2. The van der Waals surface area contributed by atoms with E-state index in [1.165, 1.54) is 6.33 Å². The molecule has 4 heterocycles. The molecule has 0 aliphatic carbocycles. The molecule has 0 spiro atoms. The molecule has 4 aromatic rings. The fraction of sp³-hybridized carbons (Fsp3) is 0.278. The standard InChI is InChI=1S/C18H18N8O/c1-2-4-12(5-3-1)8-15-23-18(25-27-15)26-7-6-13(10-26)22-16-14-9-21-24-17(14)20-11-19-16/h1-5,9,11,13H,6-8,10H2,(H2,19,20,21,22,24)/t13-/m0/s1. The van der Waals surface area contributed by atoms with Crippen LogP contribution in [0.25, 0.3) is 11.0 Å². The van der Waals surface area contributed by atoms with Gasteiger partial charge in [-0.3, -0.25) is 5.10 Å². The van der Waals surface area contributed by atoms with Crippen LogP contribution in [0.15, 0.2) is 47.4 Å². The lowest BCUT2D eigenvalue weighted by Crippen LogP contribution is -2.27. The molecule has 0 radical (unpaired) electrons. The normalized spacial score (nSPS) is 16.9. The molecule has 1 aliphatic rings. The SMILES string of the molecule is c1ccc(Cc2nc(N3CC[C@H](Nc4ncnc5[nH]ncc45)C3)no2)cc1. The molecule has 1 fully saturated rings. The number of rotatable bonds is 5. The van der Waals surface area contributed by atoms with Crippen LogP contribution in [0.1, 0.15) is 17.9 Å². The maximum atomic E-state index is 5.43. The van der Waals surface area contributed by atoms with Gasteiger partial charge in [-0.2, -0.15) is 10.1 Å². The van der Waals surface area contributed by atoms with Crippen LogP contribution in [-0.2, 0) is 6.42 Å². The summed E-state index contributed by atoms with van der Waals surface area (Å²) >= 11 is 0. The molecule has 1 aliphatic heterocycles. The molecule has 27 heavy (non-hydrogen) atoms. The maximum Gasteiger partial charge on any atom is 0.266 e. The summed E-state index contributed by atoms with van der Waals surface area (Å²) in [6.45, 7) is 1.65. The van der Waals surface area contributed by atoms with Gasteiger partial charge in [0.2, 0.25) is 5.89 Å². The summed E-state index contributed by atoms with van der Waals surface area (Å²) in [6.07, 6.45) is 4.87. The van der Waals surface area contributed by atoms with Crippen molar-refractivity contribution in [3.8, 4) is 0 Å². The van der Waals surface area contributed by atoms with Crippen LogP contribution in [0, 0.1) is 0 Å². The number of benzene rings is 1. The summed E-state index contributed by atoms with van der Waals surface area (Å²) in [5.41, 5.74) is 1.88. The number of fused-ring (bicyclic) bond motifs is 1. The van der Waals surface area contributed by atoms with E-state index < -0.39 is 0 Å². The first kappa shape index (κ1) is 15.7. The third kappa shape index (κ3) is 3.19. The second-order valence-electron chi connectivity index (χ2n) is 6.58. The number of hydrogen-bond acceptors (Lipinski definition) is 8. The Kier molecular flexibility index (Phi) is 3.89. The van der Waals surface area contributed by atoms with Crippen molar-refractivity contribution in [3.05, 3.63) is 54.3 Å². The van der Waals surface area contributed by atoms with Gasteiger partial charge in [-0.1, -0.05) is 30.3 Å². The molecule has 0 saturated carbocycles. The van der Waals surface area contributed by atoms with E-state index in [1.54, 1.807) is 6.20 Å². The van der Waals surface area contributed by atoms with Gasteiger partial charge in [-0.05, 0) is 17.1 Å². The quantitative estimate of drug-likeness (QED) is 0.555. The molecule has 9 heteroatoms. The van der Waals surface area contributed by atoms with E-state index in [2.05, 4.69) is 52.7 Å². The fourth-order valence-electron chi connectivity index (χ4n) is 3.35. The third-order valence-electron chi connectivity index (χ3n) is 4.72. The molecule has 0 bridgehead atoms. The van der Waals surface area contributed by atoms with Gasteiger partial charge in [0.1, 0.15) is 12.1 Å². The highest BCUT2D eigenvalue weighted by molar-refractivity contribution is 5.85. The smallest absolute Gasteiger partial charge is 0.266 e. The third-order valence-corrected chi connectivity index (χ3v) is 4.72. The van der Waals surface area contributed by atoms with Crippen molar-refractivity contribution < 1.29 is 4.52 Å². The van der Waals surface area contributed by atoms with Crippen molar-refractivity contribution >= 4 is 22.8 Å². The van der Waals surface area contributed by atoms with E-state index in [-0.39, 0.29) is 6.04 Å². The molecule has 3 aromatic heterocycles. The van der Waals surface area contributed by atoms with Crippen molar-refractivity contribution in [1.82, 2.24) is 30.3 Å². The van der Waals surface area contributed by atoms with E-state index >= 15 is 0 Å². The number of nitrogens with zero attached hydrogens (tertiary/aromatic N) is 6. The Morgan fingerprint density at radius 1 is 1.22 bits per heavy atom. The zero-order chi connectivity index (χ0) is 18.1. The number of aromatic amines is 1. The Labute approximate surface area is 154 Å². The summed E-state index contributed by atoms with van der Waals surface area (Å²) in [5.74, 6) is 2.06. The number of H-pyrrole nitrogens is 1. The summed E-state index contributed by atoms with van der Waals surface area (Å²) in [6, 6.07) is 10.4. The van der Waals surface area contributed by atoms with Gasteiger partial charge in [-0.25, -0.2) is 9.97 Å². The van der Waals surface area contributed by atoms with E-state index in [1.807, 2.05) is 18.2 Å². The molecule has 1 saturated heterocycles. The van der Waals surface area contributed by atoms with Gasteiger partial charge in [0.15, 0.2) is 5.65 Å². The maximum absolute atomic E-state index is 5.43. The van der Waals surface area contributed by atoms with Crippen LogP contribution < -0.4 is 10.2 Å². The Morgan fingerprint density at radius 3 is 3.07 bits per heavy atom. The lowest BCUT2D eigenvalue weighted by atomic mass is 10.1. The molecule has 136 valence electrons. The number of aromatic nitrogens is 6. The van der Waals surface area contributed by atoms with Gasteiger partial charge in [0, 0.05) is 19.1 Å². The Balaban J connectivity index is 1.25. The van der Waals surface area contributed by atoms with Crippen LogP contribution in [0.4, 0.5) is 11.8 Å². The van der Waals surface area contributed by atoms with Gasteiger partial charge in [0.25, 0.3) is 5.95 Å². The van der Waals surface area contributed by atoms with Crippen LogP contribution in [0.5, 0.6) is 0 Å². The molecule has 2 N–H and O–H groups in total. The first-order valence-corrected chi connectivity index (χ1v) is 8.87. The first-order valence-electron chi connectivity index (χ1n) is 8.87. The minimum absolute atomic E-state index is 0.245. The van der Waals surface area contributed by atoms with Gasteiger partial charge < -0.3 is 14.7 Å². The molecular formula is C18H18N8O. The van der Waals surface area contributed by atoms with Gasteiger partial charge >= 0.3 is 0 Å². The second-order valence-corrected chi connectivity index (χ2v) is 6.58. The molecule has 1 aromatic carbocycles. The minimum Gasteiger partial charge on any atom is -0.365 e. The first-order chi connectivity index (χ1) is 13.3. The minimum atomic E-state index is 0.245. The Morgan fingerprint density at radius 2 is 2.15 bits per heavy atom. The molecule has 5 rings (SSSR count). The highest BCUT2D eigenvalue weighted by Gasteiger charge is 2.26. The van der Waals surface area contributed by atoms with E-state index in [0.29, 0.717) is 18.3 Å².